The Morgan fingerprint density at radius 2 is 1.78 bits per heavy atom. The molecule has 1 saturated carbocycles. The van der Waals surface area contributed by atoms with E-state index in [1.165, 1.54) is 20.3 Å². The van der Waals surface area contributed by atoms with Crippen LogP contribution in [0.3, 0.4) is 0 Å². The summed E-state index contributed by atoms with van der Waals surface area (Å²) in [5.74, 6) is -0.0712. The Morgan fingerprint density at radius 1 is 1.17 bits per heavy atom. The Hall–Kier alpha value is -1.43. The lowest BCUT2D eigenvalue weighted by atomic mass is 9.99. The first kappa shape index (κ1) is 13.0. The van der Waals surface area contributed by atoms with Crippen molar-refractivity contribution in [1.29, 1.82) is 0 Å². The molecule has 100 valence electrons. The Morgan fingerprint density at radius 3 is 2.17 bits per heavy atom. The van der Waals surface area contributed by atoms with E-state index in [4.69, 9.17) is 15.2 Å². The third-order valence-electron chi connectivity index (χ3n) is 3.13. The Bertz CT molecular complexity index is 441. The van der Waals surface area contributed by atoms with Gasteiger partial charge >= 0.3 is 6.18 Å². The summed E-state index contributed by atoms with van der Waals surface area (Å²) in [4.78, 5) is 0. The summed E-state index contributed by atoms with van der Waals surface area (Å²) in [6, 6.07) is 2.44. The highest BCUT2D eigenvalue weighted by Crippen LogP contribution is 2.51. The summed E-state index contributed by atoms with van der Waals surface area (Å²) in [7, 11) is 2.54. The molecule has 18 heavy (non-hydrogen) atoms. The molecular formula is C12H14F3NO2. The molecule has 6 heteroatoms. The minimum Gasteiger partial charge on any atom is -0.497 e. The molecule has 0 saturated heterocycles. The molecule has 0 aromatic heterocycles. The van der Waals surface area contributed by atoms with Gasteiger partial charge in [-0.25, -0.2) is 0 Å². The molecule has 2 N–H and O–H groups in total. The van der Waals surface area contributed by atoms with Crippen LogP contribution in [0.4, 0.5) is 13.2 Å². The van der Waals surface area contributed by atoms with Crippen molar-refractivity contribution in [3.63, 3.8) is 0 Å². The quantitative estimate of drug-likeness (QED) is 0.909. The fourth-order valence-corrected chi connectivity index (χ4v) is 1.92. The minimum atomic E-state index is -4.50. The molecule has 0 spiro atoms. The first-order chi connectivity index (χ1) is 8.31. The zero-order valence-electron chi connectivity index (χ0n) is 10.1. The van der Waals surface area contributed by atoms with E-state index in [2.05, 4.69) is 0 Å². The van der Waals surface area contributed by atoms with Crippen LogP contribution in [0.15, 0.2) is 12.1 Å². The van der Waals surface area contributed by atoms with Crippen LogP contribution < -0.4 is 15.2 Å². The largest absolute Gasteiger partial charge is 0.497 e. The minimum absolute atomic E-state index is 0.134. The van der Waals surface area contributed by atoms with Crippen molar-refractivity contribution >= 4 is 0 Å². The molecule has 1 aliphatic rings. The monoisotopic (exact) mass is 261 g/mol. The zero-order valence-corrected chi connectivity index (χ0v) is 10.1. The molecule has 2 rings (SSSR count). The fourth-order valence-electron chi connectivity index (χ4n) is 1.92. The van der Waals surface area contributed by atoms with Crippen LogP contribution in [-0.4, -0.2) is 14.2 Å². The van der Waals surface area contributed by atoms with E-state index in [1.54, 1.807) is 0 Å². The second-order valence-corrected chi connectivity index (χ2v) is 4.41. The topological polar surface area (TPSA) is 44.5 Å². The maximum absolute atomic E-state index is 13.0. The van der Waals surface area contributed by atoms with E-state index >= 15 is 0 Å². The van der Waals surface area contributed by atoms with Gasteiger partial charge in [-0.05, 0) is 25.0 Å². The SMILES string of the molecule is COc1cc(C(F)(F)F)c(OC)c(C2(N)CC2)c1. The molecule has 0 atom stereocenters. The molecule has 0 amide bonds. The van der Waals surface area contributed by atoms with Gasteiger partial charge in [0.15, 0.2) is 0 Å². The highest BCUT2D eigenvalue weighted by molar-refractivity contribution is 5.53. The summed E-state index contributed by atoms with van der Waals surface area (Å²) < 4.78 is 48.7. The van der Waals surface area contributed by atoms with E-state index in [0.29, 0.717) is 18.4 Å². The molecule has 0 radical (unpaired) electrons. The Balaban J connectivity index is 2.65. The predicted molar refractivity (Wildman–Crippen MR) is 59.6 cm³/mol. The lowest BCUT2D eigenvalue weighted by molar-refractivity contribution is -0.138. The van der Waals surface area contributed by atoms with Gasteiger partial charge in [0.05, 0.1) is 14.2 Å². The van der Waals surface area contributed by atoms with E-state index < -0.39 is 17.3 Å². The molecular weight excluding hydrogens is 247 g/mol. The number of rotatable bonds is 3. The van der Waals surface area contributed by atoms with Crippen LogP contribution in [-0.2, 0) is 11.7 Å². The van der Waals surface area contributed by atoms with Crippen LogP contribution in [0.1, 0.15) is 24.0 Å². The van der Waals surface area contributed by atoms with Gasteiger partial charge in [0.2, 0.25) is 0 Å². The van der Waals surface area contributed by atoms with Gasteiger partial charge in [0.25, 0.3) is 0 Å². The van der Waals surface area contributed by atoms with Crippen molar-refractivity contribution in [2.75, 3.05) is 14.2 Å². The van der Waals surface area contributed by atoms with Crippen molar-refractivity contribution in [3.8, 4) is 11.5 Å². The van der Waals surface area contributed by atoms with E-state index in [-0.39, 0.29) is 11.5 Å². The summed E-state index contributed by atoms with van der Waals surface area (Å²) >= 11 is 0. The van der Waals surface area contributed by atoms with Crippen molar-refractivity contribution < 1.29 is 22.6 Å². The first-order valence-electron chi connectivity index (χ1n) is 5.44. The van der Waals surface area contributed by atoms with Crippen LogP contribution in [0.25, 0.3) is 0 Å². The van der Waals surface area contributed by atoms with Crippen LogP contribution in [0.5, 0.6) is 11.5 Å². The number of methoxy groups -OCH3 is 2. The fraction of sp³-hybridized carbons (Fsp3) is 0.500. The summed E-state index contributed by atoms with van der Waals surface area (Å²) in [5.41, 5.74) is 4.76. The normalized spacial score (nSPS) is 17.4. The molecule has 1 fully saturated rings. The number of halogens is 3. The average Bonchev–Trinajstić information content (AvgIpc) is 3.05. The number of alkyl halides is 3. The zero-order chi connectivity index (χ0) is 13.6. The van der Waals surface area contributed by atoms with Crippen LogP contribution >= 0.6 is 0 Å². The second kappa shape index (κ2) is 4.05. The smallest absolute Gasteiger partial charge is 0.420 e. The van der Waals surface area contributed by atoms with E-state index in [0.717, 1.165) is 6.07 Å². The molecule has 1 aliphatic carbocycles. The van der Waals surface area contributed by atoms with Crippen molar-refractivity contribution in [3.05, 3.63) is 23.3 Å². The van der Waals surface area contributed by atoms with Gasteiger partial charge in [-0.15, -0.1) is 0 Å². The Kier molecular flexibility index (Phi) is 2.93. The number of ether oxygens (including phenoxy) is 2. The van der Waals surface area contributed by atoms with Gasteiger partial charge in [-0.3, -0.25) is 0 Å². The highest BCUT2D eigenvalue weighted by atomic mass is 19.4. The number of nitrogens with two attached hydrogens (primary N) is 1. The van der Waals surface area contributed by atoms with Crippen LogP contribution in [0, 0.1) is 0 Å². The second-order valence-electron chi connectivity index (χ2n) is 4.41. The molecule has 0 heterocycles. The Labute approximate surface area is 103 Å². The van der Waals surface area contributed by atoms with Gasteiger partial charge in [0, 0.05) is 11.1 Å². The lowest BCUT2D eigenvalue weighted by Crippen LogP contribution is -2.21. The maximum atomic E-state index is 13.0. The van der Waals surface area contributed by atoms with Crippen molar-refractivity contribution in [1.82, 2.24) is 0 Å². The molecule has 0 unspecified atom stereocenters. The molecule has 0 bridgehead atoms. The summed E-state index contributed by atoms with van der Waals surface area (Å²) in [5, 5.41) is 0. The van der Waals surface area contributed by atoms with Gasteiger partial charge in [-0.2, -0.15) is 13.2 Å². The molecule has 3 nitrogen and oxygen atoms in total. The number of benzene rings is 1. The third kappa shape index (κ3) is 2.12. The lowest BCUT2D eigenvalue weighted by Gasteiger charge is -2.20. The maximum Gasteiger partial charge on any atom is 0.420 e. The van der Waals surface area contributed by atoms with Crippen molar-refractivity contribution in [2.24, 2.45) is 5.73 Å². The van der Waals surface area contributed by atoms with Crippen molar-refractivity contribution in [2.45, 2.75) is 24.6 Å². The molecule has 0 aliphatic heterocycles. The molecule has 1 aromatic rings. The third-order valence-corrected chi connectivity index (χ3v) is 3.13. The van der Waals surface area contributed by atoms with Gasteiger partial charge < -0.3 is 15.2 Å². The van der Waals surface area contributed by atoms with E-state index in [9.17, 15) is 13.2 Å². The highest BCUT2D eigenvalue weighted by Gasteiger charge is 2.46. The van der Waals surface area contributed by atoms with Gasteiger partial charge in [-0.1, -0.05) is 0 Å². The summed E-state index contributed by atoms with van der Waals surface area (Å²) in [6.07, 6.45) is -3.21. The van der Waals surface area contributed by atoms with E-state index in [1.807, 2.05) is 0 Å². The number of hydrogen-bond donors (Lipinski definition) is 1. The summed E-state index contributed by atoms with van der Waals surface area (Å²) in [6.45, 7) is 0. The standard InChI is InChI=1S/C12H14F3NO2/c1-17-7-5-8(11(16)3-4-11)10(18-2)9(6-7)12(13,14)15/h5-6H,3-4,16H2,1-2H3. The predicted octanol–water partition coefficient (Wildman–Crippen LogP) is 2.67. The van der Waals surface area contributed by atoms with Gasteiger partial charge in [0.1, 0.15) is 17.1 Å². The van der Waals surface area contributed by atoms with Crippen LogP contribution in [0.2, 0.25) is 0 Å². The molecule has 1 aromatic carbocycles. The number of hydrogen-bond acceptors (Lipinski definition) is 3. The first-order valence-corrected chi connectivity index (χ1v) is 5.44. The average molecular weight is 261 g/mol.